The van der Waals surface area contributed by atoms with Gasteiger partial charge in [0.15, 0.2) is 0 Å². The van der Waals surface area contributed by atoms with Gasteiger partial charge in [-0.25, -0.2) is 4.79 Å². The third kappa shape index (κ3) is 8.12. The topological polar surface area (TPSA) is 84.4 Å². The molecule has 0 aliphatic heterocycles. The van der Waals surface area contributed by atoms with Gasteiger partial charge in [0, 0.05) is 32.4 Å². The number of hydrogen-bond acceptors (Lipinski definition) is 3. The van der Waals surface area contributed by atoms with Crippen LogP contribution in [0, 0.1) is 17.8 Å². The fraction of sp³-hybridized carbons (Fsp3) is 0.586. The molecule has 0 radical (unpaired) electrons. The molecule has 36 heavy (non-hydrogen) atoms. The first kappa shape index (κ1) is 27.8. The van der Waals surface area contributed by atoms with E-state index in [1.807, 2.05) is 34.9 Å². The van der Waals surface area contributed by atoms with Crippen LogP contribution in [0.5, 0.6) is 0 Å². The van der Waals surface area contributed by atoms with Crippen LogP contribution in [0.4, 0.5) is 10.5 Å². The minimum atomic E-state index is -0.210. The molecule has 3 N–H and O–H groups in total. The number of urea groups is 1. The molecule has 0 bridgehead atoms. The molecule has 1 fully saturated rings. The summed E-state index contributed by atoms with van der Waals surface area (Å²) in [7, 11) is 1.63. The summed E-state index contributed by atoms with van der Waals surface area (Å²) in [5.74, 6) is 1.87. The van der Waals surface area contributed by atoms with Crippen molar-refractivity contribution in [2.75, 3.05) is 25.6 Å². The van der Waals surface area contributed by atoms with Crippen molar-refractivity contribution in [3.8, 4) is 0 Å². The highest BCUT2D eigenvalue weighted by molar-refractivity contribution is 5.96. The van der Waals surface area contributed by atoms with Gasteiger partial charge in [0.2, 0.25) is 0 Å². The van der Waals surface area contributed by atoms with E-state index in [0.717, 1.165) is 25.7 Å². The number of rotatable bonds is 12. The highest BCUT2D eigenvalue weighted by Crippen LogP contribution is 2.36. The van der Waals surface area contributed by atoms with Crippen LogP contribution in [0.15, 0.2) is 42.6 Å². The predicted octanol–water partition coefficient (Wildman–Crippen LogP) is 5.47. The molecule has 3 atom stereocenters. The Morgan fingerprint density at radius 2 is 1.94 bits per heavy atom. The minimum Gasteiger partial charge on any atom is -0.383 e. The van der Waals surface area contributed by atoms with Crippen molar-refractivity contribution in [1.82, 2.24) is 15.2 Å². The quantitative estimate of drug-likeness (QED) is 0.364. The zero-order valence-electron chi connectivity index (χ0n) is 22.4. The molecular weight excluding hydrogens is 452 g/mol. The van der Waals surface area contributed by atoms with Crippen molar-refractivity contribution < 1.29 is 14.3 Å². The molecule has 1 aliphatic rings. The van der Waals surface area contributed by atoms with Crippen LogP contribution in [0.2, 0.25) is 0 Å². The molecule has 3 amide bonds. The Hall–Kier alpha value is -2.80. The number of ether oxygens (including phenoxy) is 1. The number of amides is 3. The Labute approximate surface area is 216 Å². The number of methoxy groups -OCH3 is 1. The van der Waals surface area contributed by atoms with E-state index in [2.05, 4.69) is 36.7 Å². The summed E-state index contributed by atoms with van der Waals surface area (Å²) < 4.78 is 7.05. The number of carbonyl (C=O) groups is 2. The van der Waals surface area contributed by atoms with E-state index < -0.39 is 0 Å². The normalized spacial score (nSPS) is 18.6. The lowest BCUT2D eigenvalue weighted by atomic mass is 9.72. The molecule has 1 aliphatic carbocycles. The van der Waals surface area contributed by atoms with E-state index >= 15 is 0 Å². The summed E-state index contributed by atoms with van der Waals surface area (Å²) in [6, 6.07) is 11.8. The SMILES string of the molecule is CCC(C(C)C)[C@@H]1CCCC(NC(=O)Nc2cc(C(=O)NCCc3ccccc3)n(CCOC)c2)C1. The first-order valence-corrected chi connectivity index (χ1v) is 13.5. The summed E-state index contributed by atoms with van der Waals surface area (Å²) in [6.07, 6.45) is 8.21. The van der Waals surface area contributed by atoms with Gasteiger partial charge in [-0.1, -0.05) is 70.4 Å². The molecular formula is C29H44N4O3. The molecule has 1 saturated carbocycles. The molecule has 1 aromatic heterocycles. The number of aromatic nitrogens is 1. The van der Waals surface area contributed by atoms with Gasteiger partial charge in [-0.05, 0) is 48.6 Å². The molecule has 7 heteroatoms. The van der Waals surface area contributed by atoms with Gasteiger partial charge in [-0.2, -0.15) is 0 Å². The van der Waals surface area contributed by atoms with Gasteiger partial charge in [0.25, 0.3) is 5.91 Å². The highest BCUT2D eigenvalue weighted by atomic mass is 16.5. The number of hydrogen-bond donors (Lipinski definition) is 3. The molecule has 2 aromatic rings. The smallest absolute Gasteiger partial charge is 0.319 e. The summed E-state index contributed by atoms with van der Waals surface area (Å²) in [5.41, 5.74) is 2.30. The molecule has 0 spiro atoms. The van der Waals surface area contributed by atoms with Crippen LogP contribution in [0.25, 0.3) is 0 Å². The summed E-state index contributed by atoms with van der Waals surface area (Å²) in [5, 5.41) is 9.13. The fourth-order valence-electron chi connectivity index (χ4n) is 5.65. The average molecular weight is 497 g/mol. The largest absolute Gasteiger partial charge is 0.383 e. The van der Waals surface area contributed by atoms with E-state index in [0.29, 0.717) is 48.8 Å². The second-order valence-corrected chi connectivity index (χ2v) is 10.3. The van der Waals surface area contributed by atoms with E-state index in [1.54, 1.807) is 19.4 Å². The molecule has 7 nitrogen and oxygen atoms in total. The van der Waals surface area contributed by atoms with Crippen molar-refractivity contribution in [1.29, 1.82) is 0 Å². The van der Waals surface area contributed by atoms with Crippen molar-refractivity contribution >= 4 is 17.6 Å². The van der Waals surface area contributed by atoms with E-state index in [-0.39, 0.29) is 18.0 Å². The Balaban J connectivity index is 1.57. The van der Waals surface area contributed by atoms with Crippen molar-refractivity contribution in [2.24, 2.45) is 17.8 Å². The van der Waals surface area contributed by atoms with Gasteiger partial charge in [0.1, 0.15) is 5.69 Å². The van der Waals surface area contributed by atoms with Gasteiger partial charge in [0.05, 0.1) is 12.3 Å². The molecule has 3 rings (SSSR count). The number of nitrogens with one attached hydrogen (secondary N) is 3. The Morgan fingerprint density at radius 3 is 2.64 bits per heavy atom. The second-order valence-electron chi connectivity index (χ2n) is 10.3. The van der Waals surface area contributed by atoms with Crippen molar-refractivity contribution in [3.63, 3.8) is 0 Å². The summed E-state index contributed by atoms with van der Waals surface area (Å²) in [4.78, 5) is 25.8. The van der Waals surface area contributed by atoms with Crippen LogP contribution in [0.1, 0.15) is 68.9 Å². The van der Waals surface area contributed by atoms with E-state index in [9.17, 15) is 9.59 Å². The van der Waals surface area contributed by atoms with Crippen LogP contribution >= 0.6 is 0 Å². The van der Waals surface area contributed by atoms with E-state index in [4.69, 9.17) is 4.74 Å². The predicted molar refractivity (Wildman–Crippen MR) is 145 cm³/mol. The molecule has 1 heterocycles. The maximum absolute atomic E-state index is 12.9. The summed E-state index contributed by atoms with van der Waals surface area (Å²) >= 11 is 0. The lowest BCUT2D eigenvalue weighted by Crippen LogP contribution is -2.42. The first-order chi connectivity index (χ1) is 17.4. The minimum absolute atomic E-state index is 0.162. The monoisotopic (exact) mass is 496 g/mol. The van der Waals surface area contributed by atoms with Gasteiger partial charge in [-0.3, -0.25) is 4.79 Å². The number of anilines is 1. The van der Waals surface area contributed by atoms with Crippen LogP contribution in [-0.2, 0) is 17.7 Å². The first-order valence-electron chi connectivity index (χ1n) is 13.5. The number of nitrogens with zero attached hydrogens (tertiary/aromatic N) is 1. The fourth-order valence-corrected chi connectivity index (χ4v) is 5.65. The molecule has 1 aromatic carbocycles. The molecule has 0 saturated heterocycles. The van der Waals surface area contributed by atoms with Gasteiger partial charge >= 0.3 is 6.03 Å². The highest BCUT2D eigenvalue weighted by Gasteiger charge is 2.30. The average Bonchev–Trinajstić information content (AvgIpc) is 3.26. The summed E-state index contributed by atoms with van der Waals surface area (Å²) in [6.45, 7) is 8.43. The zero-order valence-corrected chi connectivity index (χ0v) is 22.4. The number of benzene rings is 1. The van der Waals surface area contributed by atoms with Crippen molar-refractivity contribution in [3.05, 3.63) is 53.9 Å². The third-order valence-electron chi connectivity index (χ3n) is 7.45. The zero-order chi connectivity index (χ0) is 25.9. The van der Waals surface area contributed by atoms with Crippen LogP contribution < -0.4 is 16.0 Å². The third-order valence-corrected chi connectivity index (χ3v) is 7.45. The van der Waals surface area contributed by atoms with Crippen LogP contribution in [-0.4, -0.2) is 42.8 Å². The molecule has 198 valence electrons. The lowest BCUT2D eigenvalue weighted by Gasteiger charge is -2.36. The van der Waals surface area contributed by atoms with Crippen molar-refractivity contribution in [2.45, 2.75) is 71.9 Å². The Kier molecular flexibility index (Phi) is 10.9. The Bertz CT molecular complexity index is 957. The standard InChI is InChI=1S/C29H44N4O3/c1-5-26(21(2)3)23-12-9-13-24(18-23)31-29(35)32-25-19-27(33(20-25)16-17-36-4)28(34)30-15-14-22-10-7-6-8-11-22/h6-8,10-11,19-21,23-24,26H,5,9,12-18H2,1-4H3,(H,30,34)(H2,31,32,35)/t23-,24?,26?/m1/s1. The van der Waals surface area contributed by atoms with E-state index in [1.165, 1.54) is 18.4 Å². The van der Waals surface area contributed by atoms with Gasteiger partial charge in [-0.15, -0.1) is 0 Å². The Morgan fingerprint density at radius 1 is 1.17 bits per heavy atom. The maximum Gasteiger partial charge on any atom is 0.319 e. The van der Waals surface area contributed by atoms with Crippen LogP contribution in [0.3, 0.4) is 0 Å². The maximum atomic E-state index is 12.9. The number of carbonyl (C=O) groups excluding carboxylic acids is 2. The van der Waals surface area contributed by atoms with Gasteiger partial charge < -0.3 is 25.3 Å². The molecule has 2 unspecified atom stereocenters. The second kappa shape index (κ2) is 14.1. The lowest BCUT2D eigenvalue weighted by molar-refractivity contribution is 0.0942.